The highest BCUT2D eigenvalue weighted by atomic mass is 127. The monoisotopic (exact) mass is 601 g/mol. The number of Topliss-reactive ketones (excluding diaryl/α,β-unsaturated/α-hetero) is 1. The fraction of sp³-hybridized carbons (Fsp3) is 0.906. The van der Waals surface area contributed by atoms with Gasteiger partial charge in [0.25, 0.3) is 0 Å². The van der Waals surface area contributed by atoms with Crippen molar-refractivity contribution in [3.8, 4) is 0 Å². The lowest BCUT2D eigenvalue weighted by atomic mass is 10.1. The zero-order valence-electron chi connectivity index (χ0n) is 23.8. The maximum absolute atomic E-state index is 12.3. The standard InChI is InChI=1S/C32H60INO/c1-3-5-7-8-9-10-11-12-13-14-17-21-26-34(28-25-33)27-22-18-15-16-20-24-32(35)31-29-30(31)23-19-6-4-2/h3-29H2,1-2H3. The van der Waals surface area contributed by atoms with Crippen LogP contribution in [0.2, 0.25) is 0 Å². The second kappa shape index (κ2) is 24.4. The van der Waals surface area contributed by atoms with Gasteiger partial charge in [-0.2, -0.15) is 0 Å². The Kier molecular flexibility index (Phi) is 23.1. The zero-order valence-corrected chi connectivity index (χ0v) is 26.0. The first-order valence-electron chi connectivity index (χ1n) is 15.7. The molecule has 1 aliphatic rings. The fourth-order valence-electron chi connectivity index (χ4n) is 5.23. The average molecular weight is 602 g/mol. The van der Waals surface area contributed by atoms with Gasteiger partial charge in [0.2, 0.25) is 0 Å². The van der Waals surface area contributed by atoms with Crippen LogP contribution in [0.25, 0.3) is 0 Å². The van der Waals surface area contributed by atoms with E-state index in [2.05, 4.69) is 41.3 Å². The maximum Gasteiger partial charge on any atom is 0.159 e. The number of alkyl halides is 1. The number of unbranched alkanes of at least 4 members (excludes halogenated alkanes) is 17. The van der Waals surface area contributed by atoms with Crippen LogP contribution < -0.4 is 0 Å². The molecule has 0 fully saturated rings. The molecule has 0 heterocycles. The Bertz CT molecular complexity index is 530. The van der Waals surface area contributed by atoms with E-state index < -0.39 is 0 Å². The molecule has 0 amide bonds. The molecule has 0 saturated carbocycles. The molecule has 0 aliphatic heterocycles. The number of halogens is 1. The van der Waals surface area contributed by atoms with Crippen molar-refractivity contribution in [2.45, 2.75) is 162 Å². The summed E-state index contributed by atoms with van der Waals surface area (Å²) in [6, 6.07) is 0. The Morgan fingerprint density at radius 3 is 1.60 bits per heavy atom. The summed E-state index contributed by atoms with van der Waals surface area (Å²) >= 11 is 2.53. The topological polar surface area (TPSA) is 20.3 Å². The fourth-order valence-corrected chi connectivity index (χ4v) is 5.91. The molecule has 206 valence electrons. The molecule has 2 nitrogen and oxygen atoms in total. The molecule has 3 heteroatoms. The van der Waals surface area contributed by atoms with Gasteiger partial charge >= 0.3 is 0 Å². The number of ketones is 1. The number of carbonyl (C=O) groups is 1. The van der Waals surface area contributed by atoms with Gasteiger partial charge in [-0.05, 0) is 57.2 Å². The molecule has 0 bridgehead atoms. The Balaban J connectivity index is 1.91. The molecule has 0 unspecified atom stereocenters. The van der Waals surface area contributed by atoms with Crippen LogP contribution in [-0.2, 0) is 4.79 Å². The van der Waals surface area contributed by atoms with Crippen molar-refractivity contribution in [3.05, 3.63) is 11.1 Å². The number of hydrogen-bond acceptors (Lipinski definition) is 2. The van der Waals surface area contributed by atoms with Crippen LogP contribution in [0.4, 0.5) is 0 Å². The minimum Gasteiger partial charge on any atom is -0.303 e. The van der Waals surface area contributed by atoms with Crippen molar-refractivity contribution in [3.63, 3.8) is 0 Å². The summed E-state index contributed by atoms with van der Waals surface area (Å²) in [6.07, 6.45) is 30.3. The molecule has 0 atom stereocenters. The Labute approximate surface area is 234 Å². The van der Waals surface area contributed by atoms with Crippen LogP contribution in [0.3, 0.4) is 0 Å². The number of hydrogen-bond donors (Lipinski definition) is 0. The smallest absolute Gasteiger partial charge is 0.159 e. The largest absolute Gasteiger partial charge is 0.303 e. The number of nitrogens with zero attached hydrogens (tertiary/aromatic N) is 1. The van der Waals surface area contributed by atoms with Gasteiger partial charge in [-0.3, -0.25) is 4.79 Å². The Hall–Kier alpha value is 0.1000. The van der Waals surface area contributed by atoms with Crippen LogP contribution in [0.5, 0.6) is 0 Å². The van der Waals surface area contributed by atoms with E-state index in [0.29, 0.717) is 5.78 Å². The highest BCUT2D eigenvalue weighted by molar-refractivity contribution is 14.1. The molecule has 0 radical (unpaired) electrons. The minimum atomic E-state index is 0.465. The Morgan fingerprint density at radius 1 is 0.629 bits per heavy atom. The van der Waals surface area contributed by atoms with Crippen LogP contribution in [0.15, 0.2) is 11.1 Å². The van der Waals surface area contributed by atoms with Gasteiger partial charge in [-0.1, -0.05) is 145 Å². The molecule has 0 aromatic heterocycles. The van der Waals surface area contributed by atoms with Crippen LogP contribution in [-0.4, -0.2) is 34.7 Å². The summed E-state index contributed by atoms with van der Waals surface area (Å²) in [6.45, 7) is 8.36. The van der Waals surface area contributed by atoms with Crippen molar-refractivity contribution in [2.75, 3.05) is 24.1 Å². The first kappa shape index (κ1) is 33.1. The summed E-state index contributed by atoms with van der Waals surface area (Å²) in [5, 5.41) is 0. The molecular weight excluding hydrogens is 541 g/mol. The predicted octanol–water partition coefficient (Wildman–Crippen LogP) is 10.6. The lowest BCUT2D eigenvalue weighted by Gasteiger charge is -2.21. The van der Waals surface area contributed by atoms with Crippen molar-refractivity contribution >= 4 is 28.4 Å². The van der Waals surface area contributed by atoms with E-state index in [-0.39, 0.29) is 0 Å². The second-order valence-corrected chi connectivity index (χ2v) is 12.2. The predicted molar refractivity (Wildman–Crippen MR) is 165 cm³/mol. The molecular formula is C32H60INO. The van der Waals surface area contributed by atoms with Crippen LogP contribution in [0, 0.1) is 0 Å². The zero-order chi connectivity index (χ0) is 25.4. The lowest BCUT2D eigenvalue weighted by molar-refractivity contribution is -0.115. The summed E-state index contributed by atoms with van der Waals surface area (Å²) in [5.41, 5.74) is 2.68. The van der Waals surface area contributed by atoms with Crippen LogP contribution in [0.1, 0.15) is 162 Å². The maximum atomic E-state index is 12.3. The highest BCUT2D eigenvalue weighted by Crippen LogP contribution is 2.36. The molecule has 0 aromatic carbocycles. The summed E-state index contributed by atoms with van der Waals surface area (Å²) in [4.78, 5) is 15.0. The van der Waals surface area contributed by atoms with E-state index in [1.807, 2.05) is 0 Å². The van der Waals surface area contributed by atoms with E-state index in [1.54, 1.807) is 0 Å². The first-order chi connectivity index (χ1) is 17.2. The quantitative estimate of drug-likeness (QED) is 0.0505. The van der Waals surface area contributed by atoms with Gasteiger partial charge in [0.15, 0.2) is 5.78 Å². The first-order valence-corrected chi connectivity index (χ1v) is 17.3. The van der Waals surface area contributed by atoms with Gasteiger partial charge in [-0.15, -0.1) is 0 Å². The number of allylic oxidation sites excluding steroid dienone is 2. The Morgan fingerprint density at radius 2 is 1.09 bits per heavy atom. The third kappa shape index (κ3) is 19.8. The van der Waals surface area contributed by atoms with Crippen molar-refractivity contribution in [1.29, 1.82) is 0 Å². The summed E-state index contributed by atoms with van der Waals surface area (Å²) in [5.74, 6) is 0.465. The normalized spacial score (nSPS) is 13.3. The summed E-state index contributed by atoms with van der Waals surface area (Å²) in [7, 11) is 0. The average Bonchev–Trinajstić information content (AvgIpc) is 3.63. The van der Waals surface area contributed by atoms with E-state index in [1.165, 1.54) is 164 Å². The third-order valence-electron chi connectivity index (χ3n) is 7.72. The number of carbonyl (C=O) groups excluding carboxylic acids is 1. The molecule has 1 aliphatic carbocycles. The summed E-state index contributed by atoms with van der Waals surface area (Å²) < 4.78 is 1.24. The SMILES string of the molecule is CCCCCCCCCCCCCCN(CCI)CCCCCCCC(=O)C1=C(CCCCC)C1. The van der Waals surface area contributed by atoms with E-state index in [9.17, 15) is 4.79 Å². The molecule has 35 heavy (non-hydrogen) atoms. The molecule has 0 spiro atoms. The lowest BCUT2D eigenvalue weighted by Crippen LogP contribution is -2.28. The van der Waals surface area contributed by atoms with Gasteiger partial charge in [0, 0.05) is 17.4 Å². The van der Waals surface area contributed by atoms with Crippen molar-refractivity contribution < 1.29 is 4.79 Å². The molecule has 0 N–H and O–H groups in total. The highest BCUT2D eigenvalue weighted by Gasteiger charge is 2.26. The van der Waals surface area contributed by atoms with E-state index in [0.717, 1.165) is 19.3 Å². The van der Waals surface area contributed by atoms with Gasteiger partial charge in [0.05, 0.1) is 0 Å². The van der Waals surface area contributed by atoms with E-state index >= 15 is 0 Å². The van der Waals surface area contributed by atoms with Crippen molar-refractivity contribution in [1.82, 2.24) is 4.90 Å². The van der Waals surface area contributed by atoms with Gasteiger partial charge in [-0.25, -0.2) is 0 Å². The van der Waals surface area contributed by atoms with Crippen LogP contribution >= 0.6 is 22.6 Å². The number of rotatable bonds is 28. The molecule has 0 saturated heterocycles. The van der Waals surface area contributed by atoms with Gasteiger partial charge in [0.1, 0.15) is 0 Å². The second-order valence-electron chi connectivity index (χ2n) is 11.1. The molecule has 1 rings (SSSR count). The minimum absolute atomic E-state index is 0.465. The van der Waals surface area contributed by atoms with E-state index in [4.69, 9.17) is 0 Å². The van der Waals surface area contributed by atoms with Gasteiger partial charge < -0.3 is 4.90 Å². The van der Waals surface area contributed by atoms with Crippen molar-refractivity contribution in [2.24, 2.45) is 0 Å². The molecule has 0 aromatic rings. The third-order valence-corrected chi connectivity index (χ3v) is 8.20.